The van der Waals surface area contributed by atoms with Gasteiger partial charge in [-0.25, -0.2) is 23.1 Å². The van der Waals surface area contributed by atoms with Crippen LogP contribution in [0.2, 0.25) is 0 Å². The van der Waals surface area contributed by atoms with Gasteiger partial charge < -0.3 is 15.9 Å². The van der Waals surface area contributed by atoms with Gasteiger partial charge in [0.25, 0.3) is 5.91 Å². The minimum atomic E-state index is -3.61. The third-order valence-electron chi connectivity index (χ3n) is 6.25. The molecule has 2 aliphatic rings. The molecule has 1 amide bonds. The molecule has 1 saturated heterocycles. The molecule has 1 atom stereocenters. The Hall–Kier alpha value is -3.52. The fraction of sp³-hybridized carbons (Fsp3) is 0.476. The van der Waals surface area contributed by atoms with E-state index < -0.39 is 21.1 Å². The molecule has 1 saturated carbocycles. The smallest absolute Gasteiger partial charge is 0.250 e. The highest BCUT2D eigenvalue weighted by molar-refractivity contribution is 7.92. The van der Waals surface area contributed by atoms with E-state index in [0.717, 1.165) is 12.8 Å². The molecule has 0 bridgehead atoms. The standard InChI is InChI=1S/C21H25N9O4S/c22-29-28-18-10-17(35(32,33)14-1-2-14)15-11-25-30(20(15)26-18)16(9-13-3-7-34-8-4-13)21(31)27-19-12-23-5-6-24-19/h5-6,10-14,16H,1-4,7-9H2,(H2,22,26,28)(H,24,27,31). The highest BCUT2D eigenvalue weighted by Gasteiger charge is 2.39. The summed E-state index contributed by atoms with van der Waals surface area (Å²) < 4.78 is 33.2. The first kappa shape index (κ1) is 23.2. The van der Waals surface area contributed by atoms with E-state index in [1.807, 2.05) is 0 Å². The summed E-state index contributed by atoms with van der Waals surface area (Å²) >= 11 is 0. The maximum atomic E-state index is 13.5. The van der Waals surface area contributed by atoms with E-state index in [1.54, 1.807) is 0 Å². The maximum absolute atomic E-state index is 13.5. The summed E-state index contributed by atoms with van der Waals surface area (Å²) in [6.45, 7) is 1.23. The highest BCUT2D eigenvalue weighted by Crippen LogP contribution is 2.38. The van der Waals surface area contributed by atoms with Gasteiger partial charge in [0.2, 0.25) is 0 Å². The van der Waals surface area contributed by atoms with Crippen molar-refractivity contribution >= 4 is 38.4 Å². The molecule has 3 N–H and O–H groups in total. The van der Waals surface area contributed by atoms with Crippen molar-refractivity contribution < 1.29 is 17.9 Å². The van der Waals surface area contributed by atoms with Gasteiger partial charge in [0.05, 0.1) is 27.9 Å². The van der Waals surface area contributed by atoms with Crippen molar-refractivity contribution in [3.8, 4) is 0 Å². The minimum absolute atomic E-state index is 0.0279. The second kappa shape index (κ2) is 9.62. The van der Waals surface area contributed by atoms with E-state index >= 15 is 0 Å². The third kappa shape index (κ3) is 4.84. The summed E-state index contributed by atoms with van der Waals surface area (Å²) in [6, 6.07) is 0.567. The molecule has 1 aliphatic heterocycles. The molecule has 2 fully saturated rings. The predicted octanol–water partition coefficient (Wildman–Crippen LogP) is 2.11. The fourth-order valence-corrected chi connectivity index (χ4v) is 6.13. The molecule has 0 aromatic carbocycles. The number of carbonyl (C=O) groups excluding carboxylic acids is 1. The van der Waals surface area contributed by atoms with Crippen LogP contribution in [0.3, 0.4) is 0 Å². The molecule has 14 heteroatoms. The Morgan fingerprint density at radius 3 is 2.71 bits per heavy atom. The number of anilines is 1. The van der Waals surface area contributed by atoms with Crippen LogP contribution in [0.25, 0.3) is 11.0 Å². The van der Waals surface area contributed by atoms with Crippen molar-refractivity contribution in [1.29, 1.82) is 0 Å². The number of nitrogens with one attached hydrogen (secondary N) is 1. The van der Waals surface area contributed by atoms with Crippen LogP contribution >= 0.6 is 0 Å². The number of nitrogens with zero attached hydrogens (tertiary/aromatic N) is 7. The number of ether oxygens (including phenoxy) is 1. The second-order valence-electron chi connectivity index (χ2n) is 8.65. The maximum Gasteiger partial charge on any atom is 0.250 e. The van der Waals surface area contributed by atoms with Gasteiger partial charge in [-0.1, -0.05) is 5.22 Å². The number of hydrogen-bond acceptors (Lipinski definition) is 10. The number of pyridine rings is 1. The first-order chi connectivity index (χ1) is 17.0. The van der Waals surface area contributed by atoms with Crippen molar-refractivity contribution in [3.05, 3.63) is 30.9 Å². The topological polar surface area (TPSA) is 180 Å². The number of amides is 1. The summed E-state index contributed by atoms with van der Waals surface area (Å²) in [6.07, 6.45) is 9.13. The number of rotatable bonds is 8. The van der Waals surface area contributed by atoms with Gasteiger partial charge in [0.1, 0.15) is 6.04 Å². The molecule has 1 unspecified atom stereocenters. The van der Waals surface area contributed by atoms with Gasteiger partial charge in [-0.2, -0.15) is 5.10 Å². The zero-order valence-corrected chi connectivity index (χ0v) is 19.6. The molecule has 3 aromatic rings. The average Bonchev–Trinajstić information content (AvgIpc) is 3.65. The molecule has 5 rings (SSSR count). The first-order valence-electron chi connectivity index (χ1n) is 11.3. The Labute approximate surface area is 201 Å². The zero-order chi connectivity index (χ0) is 24.4. The van der Waals surface area contributed by atoms with E-state index in [4.69, 9.17) is 10.6 Å². The number of hydrogen-bond donors (Lipinski definition) is 2. The van der Waals surface area contributed by atoms with Crippen molar-refractivity contribution in [1.82, 2.24) is 24.7 Å². The molecule has 3 aromatic heterocycles. The third-order valence-corrected chi connectivity index (χ3v) is 8.55. The van der Waals surface area contributed by atoms with Gasteiger partial charge in [0.15, 0.2) is 27.1 Å². The Morgan fingerprint density at radius 2 is 2.03 bits per heavy atom. The number of nitrogens with two attached hydrogens (primary N) is 1. The normalized spacial score (nSPS) is 18.2. The SMILES string of the molecule is NN=Nc1cc(S(=O)(=O)C2CC2)c2cnn(C(CC3CCOCC3)C(=O)Nc3cnccn3)c2n1. The Balaban J connectivity index is 1.59. The zero-order valence-electron chi connectivity index (χ0n) is 18.8. The van der Waals surface area contributed by atoms with Crippen molar-refractivity contribution in [2.24, 2.45) is 22.1 Å². The predicted molar refractivity (Wildman–Crippen MR) is 124 cm³/mol. The molecule has 0 radical (unpaired) electrons. The lowest BCUT2D eigenvalue weighted by molar-refractivity contribution is -0.120. The van der Waals surface area contributed by atoms with Crippen molar-refractivity contribution in [2.75, 3.05) is 18.5 Å². The summed E-state index contributed by atoms with van der Waals surface area (Å²) in [5.41, 5.74) is 0.223. The molecule has 1 aliphatic carbocycles. The van der Waals surface area contributed by atoms with Gasteiger partial charge in [0, 0.05) is 31.7 Å². The number of carbonyl (C=O) groups is 1. The second-order valence-corrected chi connectivity index (χ2v) is 10.8. The van der Waals surface area contributed by atoms with E-state index in [0.29, 0.717) is 43.7 Å². The van der Waals surface area contributed by atoms with Gasteiger partial charge >= 0.3 is 0 Å². The first-order valence-corrected chi connectivity index (χ1v) is 12.9. The Morgan fingerprint density at radius 1 is 1.23 bits per heavy atom. The molecule has 0 spiro atoms. The lowest BCUT2D eigenvalue weighted by Crippen LogP contribution is -2.31. The quantitative estimate of drug-likeness (QED) is 0.266. The van der Waals surface area contributed by atoms with E-state index in [1.165, 1.54) is 35.5 Å². The number of aromatic nitrogens is 5. The van der Waals surface area contributed by atoms with E-state index in [2.05, 4.69) is 35.7 Å². The molecule has 13 nitrogen and oxygen atoms in total. The summed E-state index contributed by atoms with van der Waals surface area (Å²) in [7, 11) is -3.61. The average molecular weight is 500 g/mol. The summed E-state index contributed by atoms with van der Waals surface area (Å²) in [5, 5.41) is 14.1. The van der Waals surface area contributed by atoms with Crippen LogP contribution < -0.4 is 11.2 Å². The largest absolute Gasteiger partial charge is 0.381 e. The minimum Gasteiger partial charge on any atom is -0.381 e. The highest BCUT2D eigenvalue weighted by atomic mass is 32.2. The number of sulfone groups is 1. The van der Waals surface area contributed by atoms with Crippen LogP contribution in [-0.2, 0) is 19.4 Å². The van der Waals surface area contributed by atoms with Gasteiger partial charge in [-0.05, 0) is 38.0 Å². The molecular weight excluding hydrogens is 474 g/mol. The van der Waals surface area contributed by atoms with E-state index in [-0.39, 0.29) is 28.2 Å². The summed E-state index contributed by atoms with van der Waals surface area (Å²) in [4.78, 5) is 26.1. The van der Waals surface area contributed by atoms with Crippen molar-refractivity contribution in [2.45, 2.75) is 48.3 Å². The Kier molecular flexibility index (Phi) is 6.38. The Bertz CT molecular complexity index is 1350. The van der Waals surface area contributed by atoms with E-state index in [9.17, 15) is 13.2 Å². The molecule has 4 heterocycles. The van der Waals surface area contributed by atoms with Crippen molar-refractivity contribution in [3.63, 3.8) is 0 Å². The summed E-state index contributed by atoms with van der Waals surface area (Å²) in [5.74, 6) is 5.40. The molecule has 35 heavy (non-hydrogen) atoms. The van der Waals surface area contributed by atoms with Crippen LogP contribution in [0.5, 0.6) is 0 Å². The van der Waals surface area contributed by atoms with Crippen LogP contribution in [0, 0.1) is 5.92 Å². The van der Waals surface area contributed by atoms with Gasteiger partial charge in [-0.15, -0.1) is 5.11 Å². The van der Waals surface area contributed by atoms with Crippen LogP contribution in [-0.4, -0.2) is 57.5 Å². The van der Waals surface area contributed by atoms with Crippen LogP contribution in [0.15, 0.2) is 46.1 Å². The van der Waals surface area contributed by atoms with Gasteiger partial charge in [-0.3, -0.25) is 9.78 Å². The van der Waals surface area contributed by atoms with Crippen LogP contribution in [0.4, 0.5) is 11.6 Å². The molecule has 184 valence electrons. The lowest BCUT2D eigenvalue weighted by atomic mass is 9.92. The monoisotopic (exact) mass is 499 g/mol. The van der Waals surface area contributed by atoms with Crippen LogP contribution in [0.1, 0.15) is 38.1 Å². The molecular formula is C21H25N9O4S. The lowest BCUT2D eigenvalue weighted by Gasteiger charge is -2.26. The fourth-order valence-electron chi connectivity index (χ4n) is 4.30. The number of fused-ring (bicyclic) bond motifs is 1.